The number of hydrogen-bond acceptors (Lipinski definition) is 6. The van der Waals surface area contributed by atoms with Crippen LogP contribution in [0.4, 0.5) is 9.93 Å². The van der Waals surface area contributed by atoms with Gasteiger partial charge in [-0.25, -0.2) is 9.78 Å². The fourth-order valence-electron chi connectivity index (χ4n) is 3.80. The van der Waals surface area contributed by atoms with E-state index in [1.54, 1.807) is 6.20 Å². The molecular formula is C23H31N7O2S. The zero-order valence-corrected chi connectivity index (χ0v) is 19.9. The molecule has 1 unspecified atom stereocenters. The van der Waals surface area contributed by atoms with Crippen LogP contribution in [-0.2, 0) is 0 Å². The van der Waals surface area contributed by atoms with Gasteiger partial charge in [-0.15, -0.1) is 0 Å². The first-order valence-electron chi connectivity index (χ1n) is 11.4. The molecule has 176 valence electrons. The number of H-pyrrole nitrogens is 1. The topological polar surface area (TPSA) is 105 Å². The first-order valence-corrected chi connectivity index (χ1v) is 12.2. The summed E-state index contributed by atoms with van der Waals surface area (Å²) in [5.74, 6) is -0.267. The molecule has 3 heterocycles. The van der Waals surface area contributed by atoms with Crippen LogP contribution in [0.5, 0.6) is 0 Å². The number of nitrogens with one attached hydrogen (secondary N) is 4. The Kier molecular flexibility index (Phi) is 7.46. The zero-order chi connectivity index (χ0) is 23.2. The number of anilines is 1. The lowest BCUT2D eigenvalue weighted by Crippen LogP contribution is -2.45. The number of nitrogens with zero attached hydrogens (tertiary/aromatic N) is 3. The van der Waals surface area contributed by atoms with Crippen molar-refractivity contribution in [1.29, 1.82) is 0 Å². The van der Waals surface area contributed by atoms with Crippen LogP contribution in [0.25, 0.3) is 10.9 Å². The third-order valence-corrected chi connectivity index (χ3v) is 6.85. The minimum atomic E-state index is -0.690. The maximum absolute atomic E-state index is 13.1. The predicted molar refractivity (Wildman–Crippen MR) is 132 cm³/mol. The number of carbonyl (C=O) groups is 2. The van der Waals surface area contributed by atoms with E-state index in [2.05, 4.69) is 49.7 Å². The number of unbranched alkanes of at least 4 members (excludes halogenated alkanes) is 1. The molecule has 2 aromatic heterocycles. The number of fused-ring (bicyclic) bond motifs is 1. The molecule has 0 saturated carbocycles. The van der Waals surface area contributed by atoms with Gasteiger partial charge in [-0.1, -0.05) is 42.9 Å². The molecule has 1 atom stereocenters. The lowest BCUT2D eigenvalue weighted by Gasteiger charge is -2.32. The number of likely N-dealkylation sites (N-methyl/N-ethyl adjacent to an activating group) is 1. The normalized spacial score (nSPS) is 15.4. The summed E-state index contributed by atoms with van der Waals surface area (Å²) in [4.78, 5) is 38.3. The van der Waals surface area contributed by atoms with Crippen LogP contribution in [0, 0.1) is 0 Å². The molecular weight excluding hydrogens is 438 g/mol. The molecule has 4 rings (SSSR count). The summed E-state index contributed by atoms with van der Waals surface area (Å²) in [6.45, 7) is 6.38. The maximum atomic E-state index is 13.1. The van der Waals surface area contributed by atoms with E-state index in [9.17, 15) is 9.59 Å². The van der Waals surface area contributed by atoms with Crippen LogP contribution >= 0.6 is 11.3 Å². The fraction of sp³-hybridized carbons (Fsp3) is 0.435. The van der Waals surface area contributed by atoms with E-state index in [1.165, 1.54) is 11.3 Å². The van der Waals surface area contributed by atoms with E-state index in [0.29, 0.717) is 11.4 Å². The van der Waals surface area contributed by atoms with Crippen molar-refractivity contribution in [3.05, 3.63) is 47.1 Å². The summed E-state index contributed by atoms with van der Waals surface area (Å²) in [5.41, 5.74) is 1.74. The monoisotopic (exact) mass is 469 g/mol. The van der Waals surface area contributed by atoms with E-state index in [4.69, 9.17) is 0 Å². The van der Waals surface area contributed by atoms with Crippen molar-refractivity contribution in [3.63, 3.8) is 0 Å². The van der Waals surface area contributed by atoms with Gasteiger partial charge >= 0.3 is 6.03 Å². The van der Waals surface area contributed by atoms with Crippen LogP contribution in [0.1, 0.15) is 41.2 Å². The number of piperazine rings is 1. The summed E-state index contributed by atoms with van der Waals surface area (Å²) >= 11 is 1.38. The molecule has 4 N–H and O–H groups in total. The standard InChI is InChI=1S/C23H31N7O2S/c1-3-4-9-24-22(32)28-20(17-14-25-18-8-6-5-7-16(17)18)27-21(31)19-15-26-23(33-19)30-12-10-29(2)11-13-30/h5-8,14-15,20,25H,3-4,9-13H2,1-2H3,(H,27,31)(H2,24,28,32). The Morgan fingerprint density at radius 2 is 1.97 bits per heavy atom. The second-order valence-corrected chi connectivity index (χ2v) is 9.26. The number of rotatable bonds is 8. The Labute approximate surface area is 197 Å². The third-order valence-electron chi connectivity index (χ3n) is 5.79. The highest BCUT2D eigenvalue weighted by Crippen LogP contribution is 2.26. The van der Waals surface area contributed by atoms with Crippen molar-refractivity contribution < 1.29 is 9.59 Å². The summed E-state index contributed by atoms with van der Waals surface area (Å²) in [7, 11) is 2.11. The first kappa shape index (κ1) is 23.1. The highest BCUT2D eigenvalue weighted by atomic mass is 32.1. The van der Waals surface area contributed by atoms with E-state index >= 15 is 0 Å². The van der Waals surface area contributed by atoms with Crippen LogP contribution in [0.15, 0.2) is 36.7 Å². The van der Waals surface area contributed by atoms with E-state index in [0.717, 1.165) is 60.6 Å². The van der Waals surface area contributed by atoms with Crippen LogP contribution in [-0.4, -0.2) is 66.6 Å². The number of urea groups is 1. The van der Waals surface area contributed by atoms with E-state index in [-0.39, 0.29) is 11.9 Å². The van der Waals surface area contributed by atoms with Crippen molar-refractivity contribution in [2.75, 3.05) is 44.7 Å². The van der Waals surface area contributed by atoms with Crippen molar-refractivity contribution in [2.24, 2.45) is 0 Å². The smallest absolute Gasteiger partial charge is 0.316 e. The van der Waals surface area contributed by atoms with Gasteiger partial charge in [0.25, 0.3) is 5.91 Å². The molecule has 1 aliphatic rings. The molecule has 0 radical (unpaired) electrons. The lowest BCUT2D eigenvalue weighted by molar-refractivity contribution is 0.0936. The molecule has 1 aromatic carbocycles. The SMILES string of the molecule is CCCCNC(=O)NC(NC(=O)c1cnc(N2CCN(C)CC2)s1)c1c[nH]c2ccccc12. The Morgan fingerprint density at radius 1 is 1.18 bits per heavy atom. The fourth-order valence-corrected chi connectivity index (χ4v) is 4.67. The van der Waals surface area contributed by atoms with Crippen molar-refractivity contribution >= 4 is 39.3 Å². The highest BCUT2D eigenvalue weighted by Gasteiger charge is 2.23. The van der Waals surface area contributed by atoms with Gasteiger partial charge in [0.15, 0.2) is 5.13 Å². The summed E-state index contributed by atoms with van der Waals surface area (Å²) in [6, 6.07) is 7.49. The van der Waals surface area contributed by atoms with Gasteiger partial charge in [0, 0.05) is 55.4 Å². The van der Waals surface area contributed by atoms with Gasteiger partial charge in [-0.3, -0.25) is 4.79 Å². The lowest BCUT2D eigenvalue weighted by atomic mass is 10.1. The van der Waals surface area contributed by atoms with Gasteiger partial charge in [-0.05, 0) is 19.5 Å². The van der Waals surface area contributed by atoms with Gasteiger partial charge in [0.2, 0.25) is 0 Å². The average Bonchev–Trinajstić information content (AvgIpc) is 3.47. The largest absolute Gasteiger partial charge is 0.361 e. The zero-order valence-electron chi connectivity index (χ0n) is 19.1. The minimum Gasteiger partial charge on any atom is -0.361 e. The molecule has 33 heavy (non-hydrogen) atoms. The number of para-hydroxylation sites is 1. The van der Waals surface area contributed by atoms with Crippen LogP contribution < -0.4 is 20.9 Å². The second kappa shape index (κ2) is 10.7. The van der Waals surface area contributed by atoms with E-state index < -0.39 is 6.17 Å². The number of hydrogen-bond donors (Lipinski definition) is 4. The number of carbonyl (C=O) groups excluding carboxylic acids is 2. The predicted octanol–water partition coefficient (Wildman–Crippen LogP) is 2.90. The van der Waals surface area contributed by atoms with Gasteiger partial charge in [-0.2, -0.15) is 0 Å². The molecule has 0 bridgehead atoms. The number of thiazole rings is 1. The molecule has 0 aliphatic carbocycles. The van der Waals surface area contributed by atoms with Crippen molar-refractivity contribution in [2.45, 2.75) is 25.9 Å². The first-order chi connectivity index (χ1) is 16.0. The van der Waals surface area contributed by atoms with E-state index in [1.807, 2.05) is 30.5 Å². The van der Waals surface area contributed by atoms with Gasteiger partial charge in [0.1, 0.15) is 11.0 Å². The summed E-state index contributed by atoms with van der Waals surface area (Å²) in [6.07, 6.45) is 4.63. The van der Waals surface area contributed by atoms with Gasteiger partial charge < -0.3 is 30.7 Å². The van der Waals surface area contributed by atoms with Crippen LogP contribution in [0.2, 0.25) is 0 Å². The highest BCUT2D eigenvalue weighted by molar-refractivity contribution is 7.17. The molecule has 10 heteroatoms. The number of aromatic amines is 1. The average molecular weight is 470 g/mol. The number of amides is 3. The second-order valence-electron chi connectivity index (χ2n) is 8.25. The number of aromatic nitrogens is 2. The molecule has 1 aliphatic heterocycles. The van der Waals surface area contributed by atoms with Crippen molar-refractivity contribution in [1.82, 2.24) is 30.8 Å². The number of benzene rings is 1. The molecule has 0 spiro atoms. The van der Waals surface area contributed by atoms with Crippen molar-refractivity contribution in [3.8, 4) is 0 Å². The Balaban J connectivity index is 1.50. The molecule has 1 saturated heterocycles. The molecule has 3 aromatic rings. The quantitative estimate of drug-likeness (QED) is 0.300. The Bertz CT molecular complexity index is 1090. The summed E-state index contributed by atoms with van der Waals surface area (Å²) < 4.78 is 0. The maximum Gasteiger partial charge on any atom is 0.316 e. The Hall–Kier alpha value is -3.11. The molecule has 3 amide bonds. The van der Waals surface area contributed by atoms with Crippen LogP contribution in [0.3, 0.4) is 0 Å². The molecule has 9 nitrogen and oxygen atoms in total. The minimum absolute atomic E-state index is 0.267. The summed E-state index contributed by atoms with van der Waals surface area (Å²) in [5, 5.41) is 10.5. The Morgan fingerprint density at radius 3 is 2.76 bits per heavy atom. The van der Waals surface area contributed by atoms with Gasteiger partial charge in [0.05, 0.1) is 6.20 Å². The third kappa shape index (κ3) is 5.63. The molecule has 1 fully saturated rings.